The highest BCUT2D eigenvalue weighted by Gasteiger charge is 2.43. The molecule has 1 heterocycles. The number of pyridine rings is 1. The molecule has 1 aromatic heterocycles. The fourth-order valence-electron chi connectivity index (χ4n) is 6.92. The summed E-state index contributed by atoms with van der Waals surface area (Å²) in [5.41, 5.74) is 1.49. The Hall–Kier alpha value is -6.34. The predicted octanol–water partition coefficient (Wildman–Crippen LogP) is 5.75. The lowest BCUT2D eigenvalue weighted by molar-refractivity contribution is -0.166. The molecule has 0 aliphatic rings. The second kappa shape index (κ2) is 22.5. The van der Waals surface area contributed by atoms with Gasteiger partial charge in [-0.05, 0) is 80.4 Å². The molecule has 3 amide bonds. The highest BCUT2D eigenvalue weighted by molar-refractivity contribution is 6.31. The Kier molecular flexibility index (Phi) is 17.5. The maximum atomic E-state index is 14.2. The molecule has 4 atom stereocenters. The topological polar surface area (TPSA) is 198 Å². The number of anilines is 1. The summed E-state index contributed by atoms with van der Waals surface area (Å²) in [4.78, 5) is 83.7. The monoisotopic (exact) mass is 868 g/mol. The fraction of sp³-hybridized carbons (Fsp3) is 0.370. The van der Waals surface area contributed by atoms with Gasteiger partial charge in [0.15, 0.2) is 6.04 Å². The highest BCUT2D eigenvalue weighted by atomic mass is 35.5. The molecule has 0 bridgehead atoms. The molecule has 0 radical (unpaired) electrons. The van der Waals surface area contributed by atoms with E-state index in [0.29, 0.717) is 27.4 Å². The van der Waals surface area contributed by atoms with Crippen LogP contribution in [0.1, 0.15) is 68.6 Å². The van der Waals surface area contributed by atoms with E-state index in [1.165, 1.54) is 54.3 Å². The number of hydrogen-bond donors (Lipinski definition) is 3. The average Bonchev–Trinajstić information content (AvgIpc) is 3.25. The van der Waals surface area contributed by atoms with E-state index < -0.39 is 66.0 Å². The number of hydrogen-bond acceptors (Lipinski definition) is 12. The highest BCUT2D eigenvalue weighted by Crippen LogP contribution is 2.33. The molecule has 1 unspecified atom stereocenters. The minimum atomic E-state index is -1.65. The number of nitriles is 1. The lowest BCUT2D eigenvalue weighted by Crippen LogP contribution is -2.62. The number of esters is 2. The standard InChI is InChI=1S/C46H53ClN6O9/c1-9-36(52-24-38(60-8)35(22-39(52)54)34-21-32(47)18-15-31(34)23-48)42(55)51-33-19-16-30(17-20-33)45(58)62-26-37(46(59)61-25-29-13-11-10-12-14-29)53(43(56)40(49-6)27(2)3)44(57)41(50-7)28(4)5/h10-22,24,27-28,36-37,40-41,49-50H,9,25-26H2,1-8H3,(H,51,55)/t36?,37-,40-,41-/m0/s1. The van der Waals surface area contributed by atoms with Gasteiger partial charge in [0.2, 0.25) is 17.7 Å². The van der Waals surface area contributed by atoms with E-state index in [1.807, 2.05) is 0 Å². The van der Waals surface area contributed by atoms with Gasteiger partial charge >= 0.3 is 11.9 Å². The van der Waals surface area contributed by atoms with Crippen LogP contribution in [-0.2, 0) is 35.3 Å². The number of halogens is 1. The van der Waals surface area contributed by atoms with Crippen molar-refractivity contribution in [3.05, 3.63) is 117 Å². The molecule has 15 nitrogen and oxygen atoms in total. The van der Waals surface area contributed by atoms with E-state index in [4.69, 9.17) is 25.8 Å². The average molecular weight is 869 g/mol. The van der Waals surface area contributed by atoms with Gasteiger partial charge in [0.05, 0.1) is 42.6 Å². The Morgan fingerprint density at radius 3 is 1.98 bits per heavy atom. The number of imide groups is 1. The van der Waals surface area contributed by atoms with Crippen LogP contribution < -0.4 is 26.2 Å². The number of amides is 3. The van der Waals surface area contributed by atoms with E-state index in [9.17, 15) is 34.0 Å². The predicted molar refractivity (Wildman–Crippen MR) is 234 cm³/mol. The number of carbonyl (C=O) groups is 5. The van der Waals surface area contributed by atoms with Crippen molar-refractivity contribution in [3.8, 4) is 22.9 Å². The maximum absolute atomic E-state index is 14.2. The number of likely N-dealkylation sites (N-methyl/N-ethyl adjacent to an activating group) is 2. The Labute approximate surface area is 366 Å². The van der Waals surface area contributed by atoms with Crippen LogP contribution >= 0.6 is 11.6 Å². The number of nitrogens with zero attached hydrogens (tertiary/aromatic N) is 3. The summed E-state index contributed by atoms with van der Waals surface area (Å²) in [7, 11) is 4.55. The lowest BCUT2D eigenvalue weighted by atomic mass is 9.98. The molecule has 0 spiro atoms. The SMILES string of the molecule is CCC(C(=O)Nc1ccc(C(=O)OC[C@@H](C(=O)OCc2ccccc2)N(C(=O)[C@@H](NC)C(C)C)C(=O)[C@@H](NC)C(C)C)cc1)n1cc(OC)c(-c2cc(Cl)ccc2C#N)cc1=O. The van der Waals surface area contributed by atoms with Crippen molar-refractivity contribution in [2.24, 2.45) is 11.8 Å². The molecule has 0 saturated carbocycles. The van der Waals surface area contributed by atoms with Crippen LogP contribution in [0.25, 0.3) is 11.1 Å². The zero-order chi connectivity index (χ0) is 45.7. The fourth-order valence-corrected chi connectivity index (χ4v) is 7.09. The third kappa shape index (κ3) is 11.7. The quantitative estimate of drug-likeness (QED) is 0.0967. The molecular weight excluding hydrogens is 816 g/mol. The van der Waals surface area contributed by atoms with Crippen molar-refractivity contribution in [2.75, 3.05) is 33.1 Å². The molecule has 3 N–H and O–H groups in total. The summed E-state index contributed by atoms with van der Waals surface area (Å²) in [5, 5.41) is 18.7. The Bertz CT molecular complexity index is 2300. The molecule has 0 saturated heterocycles. The summed E-state index contributed by atoms with van der Waals surface area (Å²) in [6.07, 6.45) is 1.62. The first-order valence-corrected chi connectivity index (χ1v) is 20.5. The zero-order valence-electron chi connectivity index (χ0n) is 36.1. The normalized spacial score (nSPS) is 13.0. The molecule has 328 valence electrons. The van der Waals surface area contributed by atoms with Gasteiger partial charge in [-0.3, -0.25) is 28.6 Å². The van der Waals surface area contributed by atoms with Crippen molar-refractivity contribution in [1.29, 1.82) is 5.26 Å². The van der Waals surface area contributed by atoms with Crippen LogP contribution in [0.3, 0.4) is 0 Å². The van der Waals surface area contributed by atoms with Crippen molar-refractivity contribution < 1.29 is 38.2 Å². The second-order valence-corrected chi connectivity index (χ2v) is 15.5. The summed E-state index contributed by atoms with van der Waals surface area (Å²) >= 11 is 6.20. The first-order chi connectivity index (χ1) is 29.6. The number of nitrogens with one attached hydrogen (secondary N) is 3. The molecule has 4 aromatic rings. The van der Waals surface area contributed by atoms with E-state index in [-0.39, 0.29) is 41.7 Å². The van der Waals surface area contributed by atoms with Crippen molar-refractivity contribution in [2.45, 2.75) is 71.8 Å². The van der Waals surface area contributed by atoms with Gasteiger partial charge < -0.3 is 30.2 Å². The summed E-state index contributed by atoms with van der Waals surface area (Å²) in [6, 6.07) is 18.2. The van der Waals surface area contributed by atoms with Gasteiger partial charge in [-0.2, -0.15) is 5.26 Å². The van der Waals surface area contributed by atoms with Crippen molar-refractivity contribution in [3.63, 3.8) is 0 Å². The van der Waals surface area contributed by atoms with Gasteiger partial charge in [-0.1, -0.05) is 76.6 Å². The third-order valence-electron chi connectivity index (χ3n) is 10.2. The third-order valence-corrected chi connectivity index (χ3v) is 10.4. The number of benzene rings is 3. The number of aromatic nitrogens is 1. The van der Waals surface area contributed by atoms with Gasteiger partial charge in [-0.25, -0.2) is 9.59 Å². The Balaban J connectivity index is 1.58. The van der Waals surface area contributed by atoms with Crippen LogP contribution in [0.2, 0.25) is 5.02 Å². The number of rotatable bonds is 19. The molecular formula is C46H53ClN6O9. The van der Waals surface area contributed by atoms with Crippen molar-refractivity contribution in [1.82, 2.24) is 20.1 Å². The molecule has 16 heteroatoms. The molecule has 0 aliphatic carbocycles. The molecule has 0 aliphatic heterocycles. The van der Waals surface area contributed by atoms with Crippen LogP contribution in [-0.4, -0.2) is 85.1 Å². The molecule has 4 rings (SSSR count). The molecule has 3 aromatic carbocycles. The van der Waals surface area contributed by atoms with Crippen LogP contribution in [0.5, 0.6) is 5.75 Å². The van der Waals surface area contributed by atoms with Gasteiger partial charge in [0, 0.05) is 27.9 Å². The Morgan fingerprint density at radius 2 is 1.45 bits per heavy atom. The van der Waals surface area contributed by atoms with E-state index in [2.05, 4.69) is 22.0 Å². The summed E-state index contributed by atoms with van der Waals surface area (Å²) < 4.78 is 18.1. The lowest BCUT2D eigenvalue weighted by Gasteiger charge is -2.35. The second-order valence-electron chi connectivity index (χ2n) is 15.1. The maximum Gasteiger partial charge on any atom is 0.338 e. The van der Waals surface area contributed by atoms with Crippen LogP contribution in [0.4, 0.5) is 5.69 Å². The van der Waals surface area contributed by atoms with Crippen molar-refractivity contribution >= 4 is 46.9 Å². The summed E-state index contributed by atoms with van der Waals surface area (Å²) in [6.45, 7) is 8.03. The largest absolute Gasteiger partial charge is 0.495 e. The Morgan fingerprint density at radius 1 is 0.839 bits per heavy atom. The van der Waals surface area contributed by atoms with E-state index in [1.54, 1.807) is 91.2 Å². The molecule has 62 heavy (non-hydrogen) atoms. The molecule has 0 fully saturated rings. The van der Waals surface area contributed by atoms with Gasteiger partial charge in [0.1, 0.15) is 25.0 Å². The van der Waals surface area contributed by atoms with Crippen LogP contribution in [0, 0.1) is 23.2 Å². The van der Waals surface area contributed by atoms with E-state index in [0.717, 1.165) is 4.90 Å². The summed E-state index contributed by atoms with van der Waals surface area (Å²) in [5.74, 6) is -4.08. The minimum Gasteiger partial charge on any atom is -0.495 e. The number of methoxy groups -OCH3 is 1. The number of ether oxygens (including phenoxy) is 3. The smallest absolute Gasteiger partial charge is 0.338 e. The zero-order valence-corrected chi connectivity index (χ0v) is 36.8. The first-order valence-electron chi connectivity index (χ1n) is 20.1. The van der Waals surface area contributed by atoms with E-state index >= 15 is 0 Å². The van der Waals surface area contributed by atoms with Gasteiger partial charge in [-0.15, -0.1) is 0 Å². The number of carbonyl (C=O) groups excluding carboxylic acids is 5. The van der Waals surface area contributed by atoms with Gasteiger partial charge in [0.25, 0.3) is 5.56 Å². The van der Waals surface area contributed by atoms with Crippen LogP contribution in [0.15, 0.2) is 89.9 Å². The minimum absolute atomic E-state index is 0.0375. The first kappa shape index (κ1) is 48.3.